The van der Waals surface area contributed by atoms with Gasteiger partial charge in [0.1, 0.15) is 0 Å². The Morgan fingerprint density at radius 1 is 1.36 bits per heavy atom. The number of guanidine groups is 1. The molecule has 0 aliphatic rings. The van der Waals surface area contributed by atoms with Crippen molar-refractivity contribution in [3.63, 3.8) is 0 Å². The number of halogens is 1. The molecule has 144 valence electrons. The Kier molecular flexibility index (Phi) is 13.8. The minimum absolute atomic E-state index is 0. The van der Waals surface area contributed by atoms with Crippen molar-refractivity contribution < 1.29 is 9.53 Å². The van der Waals surface area contributed by atoms with Crippen LogP contribution in [0.4, 0.5) is 0 Å². The number of thiazole rings is 1. The minimum atomic E-state index is -0.0880. The number of ether oxygens (including phenoxy) is 1. The maximum absolute atomic E-state index is 11.2. The summed E-state index contributed by atoms with van der Waals surface area (Å²) in [7, 11) is 3.81. The number of carbonyl (C=O) groups is 1. The van der Waals surface area contributed by atoms with Gasteiger partial charge in [0.05, 0.1) is 23.9 Å². The summed E-state index contributed by atoms with van der Waals surface area (Å²) >= 11 is 1.67. The van der Waals surface area contributed by atoms with Gasteiger partial charge in [0.2, 0.25) is 0 Å². The topological polar surface area (TPSA) is 66.8 Å². The first-order valence-electron chi connectivity index (χ1n) is 8.55. The molecule has 6 nitrogen and oxygen atoms in total. The summed E-state index contributed by atoms with van der Waals surface area (Å²) in [4.78, 5) is 22.1. The van der Waals surface area contributed by atoms with E-state index in [0.717, 1.165) is 55.4 Å². The Balaban J connectivity index is 0.00000576. The summed E-state index contributed by atoms with van der Waals surface area (Å²) in [6.07, 6.45) is 4.63. The maximum Gasteiger partial charge on any atom is 0.305 e. The Bertz CT molecular complexity index is 523. The minimum Gasteiger partial charge on any atom is -0.466 e. The zero-order valence-electron chi connectivity index (χ0n) is 15.7. The fraction of sp³-hybridized carbons (Fsp3) is 0.706. The second kappa shape index (κ2) is 14.3. The fourth-order valence-corrected chi connectivity index (χ4v) is 2.97. The molecule has 1 rings (SSSR count). The molecule has 0 radical (unpaired) electrons. The number of esters is 1. The lowest BCUT2D eigenvalue weighted by atomic mass is 10.1. The number of nitrogens with one attached hydrogen (secondary N) is 1. The van der Waals surface area contributed by atoms with Gasteiger partial charge in [-0.25, -0.2) is 4.98 Å². The third-order valence-corrected chi connectivity index (χ3v) is 4.36. The zero-order valence-corrected chi connectivity index (χ0v) is 18.9. The number of carbonyl (C=O) groups excluding carboxylic acids is 1. The van der Waals surface area contributed by atoms with E-state index in [1.807, 2.05) is 20.9 Å². The second-order valence-electron chi connectivity index (χ2n) is 5.66. The molecule has 8 heteroatoms. The number of unbranched alkanes of at least 4 members (excludes halogenated alkanes) is 3. The van der Waals surface area contributed by atoms with Crippen molar-refractivity contribution in [2.75, 3.05) is 27.2 Å². The van der Waals surface area contributed by atoms with Crippen molar-refractivity contribution >= 4 is 47.2 Å². The number of nitrogens with zero attached hydrogens (tertiary/aromatic N) is 3. The molecule has 25 heavy (non-hydrogen) atoms. The van der Waals surface area contributed by atoms with Crippen molar-refractivity contribution in [3.05, 3.63) is 16.1 Å². The zero-order chi connectivity index (χ0) is 17.8. The molecule has 0 spiro atoms. The SMILES string of the molecule is CCOC(=O)CCCCCCNC(=NC)N(C)Cc1csc(C)n1.I. The van der Waals surface area contributed by atoms with E-state index in [-0.39, 0.29) is 29.9 Å². The van der Waals surface area contributed by atoms with Gasteiger partial charge >= 0.3 is 5.97 Å². The van der Waals surface area contributed by atoms with Gasteiger partial charge in [0, 0.05) is 32.4 Å². The lowest BCUT2D eigenvalue weighted by Gasteiger charge is -2.21. The van der Waals surface area contributed by atoms with Crippen LogP contribution in [-0.2, 0) is 16.1 Å². The molecule has 1 aromatic heterocycles. The summed E-state index contributed by atoms with van der Waals surface area (Å²) in [5, 5.41) is 6.55. The van der Waals surface area contributed by atoms with Crippen molar-refractivity contribution in [2.45, 2.75) is 52.5 Å². The summed E-state index contributed by atoms with van der Waals surface area (Å²) in [6, 6.07) is 0. The van der Waals surface area contributed by atoms with Gasteiger partial charge in [-0.1, -0.05) is 12.8 Å². The van der Waals surface area contributed by atoms with Crippen LogP contribution in [0.15, 0.2) is 10.4 Å². The van der Waals surface area contributed by atoms with E-state index in [9.17, 15) is 4.79 Å². The third kappa shape index (κ3) is 10.6. The van der Waals surface area contributed by atoms with Crippen LogP contribution in [0.1, 0.15) is 49.7 Å². The molecule has 0 amide bonds. The van der Waals surface area contributed by atoms with E-state index < -0.39 is 0 Å². The highest BCUT2D eigenvalue weighted by Gasteiger charge is 2.08. The fourth-order valence-electron chi connectivity index (χ4n) is 2.36. The van der Waals surface area contributed by atoms with Crippen LogP contribution in [0.5, 0.6) is 0 Å². The maximum atomic E-state index is 11.2. The van der Waals surface area contributed by atoms with Crippen molar-refractivity contribution in [1.29, 1.82) is 0 Å². The van der Waals surface area contributed by atoms with Crippen LogP contribution in [0.2, 0.25) is 0 Å². The number of rotatable bonds is 10. The molecular weight excluding hydrogens is 451 g/mol. The van der Waals surface area contributed by atoms with Gasteiger partial charge in [-0.05, 0) is 26.7 Å². The molecule has 0 aromatic carbocycles. The monoisotopic (exact) mass is 482 g/mol. The van der Waals surface area contributed by atoms with Crippen molar-refractivity contribution in [1.82, 2.24) is 15.2 Å². The summed E-state index contributed by atoms with van der Waals surface area (Å²) in [5.41, 5.74) is 1.07. The van der Waals surface area contributed by atoms with Crippen LogP contribution >= 0.6 is 35.3 Å². The smallest absolute Gasteiger partial charge is 0.305 e. The molecule has 0 saturated heterocycles. The van der Waals surface area contributed by atoms with E-state index in [1.165, 1.54) is 0 Å². The molecule has 0 bridgehead atoms. The standard InChI is InChI=1S/C17H30N4O2S.HI/c1-5-23-16(22)10-8-6-7-9-11-19-17(18-3)21(4)12-15-13-24-14(2)20-15;/h13H,5-12H2,1-4H3,(H,18,19);1H. The lowest BCUT2D eigenvalue weighted by molar-refractivity contribution is -0.143. The Labute approximate surface area is 172 Å². The van der Waals surface area contributed by atoms with Crippen LogP contribution in [0.3, 0.4) is 0 Å². The largest absolute Gasteiger partial charge is 0.466 e. The number of aliphatic imine (C=N–C) groups is 1. The van der Waals surface area contributed by atoms with Crippen LogP contribution < -0.4 is 5.32 Å². The first-order chi connectivity index (χ1) is 11.6. The van der Waals surface area contributed by atoms with E-state index in [1.54, 1.807) is 18.4 Å². The number of aromatic nitrogens is 1. The Morgan fingerprint density at radius 3 is 2.68 bits per heavy atom. The average molecular weight is 482 g/mol. The molecule has 1 heterocycles. The molecule has 0 unspecified atom stereocenters. The average Bonchev–Trinajstić information content (AvgIpc) is 2.95. The quantitative estimate of drug-likeness (QED) is 0.182. The third-order valence-electron chi connectivity index (χ3n) is 3.54. The van der Waals surface area contributed by atoms with Crippen LogP contribution in [0.25, 0.3) is 0 Å². The van der Waals surface area contributed by atoms with Gasteiger partial charge < -0.3 is 15.0 Å². The molecular formula is C17H31IN4O2S. The number of hydrogen-bond acceptors (Lipinski definition) is 5. The highest BCUT2D eigenvalue weighted by molar-refractivity contribution is 14.0. The normalized spacial score (nSPS) is 11.0. The van der Waals surface area contributed by atoms with Gasteiger partial charge in [0.15, 0.2) is 5.96 Å². The lowest BCUT2D eigenvalue weighted by Crippen LogP contribution is -2.38. The number of hydrogen-bond donors (Lipinski definition) is 1. The van der Waals surface area contributed by atoms with Crippen molar-refractivity contribution in [3.8, 4) is 0 Å². The van der Waals surface area contributed by atoms with Gasteiger partial charge in [-0.2, -0.15) is 0 Å². The van der Waals surface area contributed by atoms with E-state index in [4.69, 9.17) is 4.74 Å². The first kappa shape index (κ1) is 24.1. The second-order valence-corrected chi connectivity index (χ2v) is 6.72. The summed E-state index contributed by atoms with van der Waals surface area (Å²) in [6.45, 7) is 5.96. The highest BCUT2D eigenvalue weighted by Crippen LogP contribution is 2.10. The van der Waals surface area contributed by atoms with Gasteiger partial charge in [0.25, 0.3) is 0 Å². The number of aryl methyl sites for hydroxylation is 1. The molecule has 0 atom stereocenters. The molecule has 0 fully saturated rings. The van der Waals surface area contributed by atoms with E-state index in [0.29, 0.717) is 13.0 Å². The highest BCUT2D eigenvalue weighted by atomic mass is 127. The van der Waals surface area contributed by atoms with Crippen LogP contribution in [-0.4, -0.2) is 49.1 Å². The molecule has 1 aromatic rings. The van der Waals surface area contributed by atoms with Gasteiger partial charge in [-0.3, -0.25) is 9.79 Å². The first-order valence-corrected chi connectivity index (χ1v) is 9.43. The molecule has 0 aliphatic heterocycles. The summed E-state index contributed by atoms with van der Waals surface area (Å²) in [5.74, 6) is 0.794. The van der Waals surface area contributed by atoms with Crippen molar-refractivity contribution in [2.24, 2.45) is 4.99 Å². The molecule has 1 N–H and O–H groups in total. The Hall–Kier alpha value is -0.900. The molecule has 0 saturated carbocycles. The predicted octanol–water partition coefficient (Wildman–Crippen LogP) is 3.59. The predicted molar refractivity (Wildman–Crippen MR) is 115 cm³/mol. The van der Waals surface area contributed by atoms with E-state index >= 15 is 0 Å². The van der Waals surface area contributed by atoms with E-state index in [2.05, 4.69) is 25.6 Å². The molecule has 0 aliphatic carbocycles. The van der Waals surface area contributed by atoms with Crippen LogP contribution in [0, 0.1) is 6.92 Å². The summed E-state index contributed by atoms with van der Waals surface area (Å²) < 4.78 is 4.92. The van der Waals surface area contributed by atoms with Gasteiger partial charge in [-0.15, -0.1) is 35.3 Å². The Morgan fingerprint density at radius 2 is 2.08 bits per heavy atom.